The van der Waals surface area contributed by atoms with Gasteiger partial charge in [-0.1, -0.05) is 19.9 Å². The predicted molar refractivity (Wildman–Crippen MR) is 68.3 cm³/mol. The van der Waals surface area contributed by atoms with Crippen molar-refractivity contribution in [1.82, 2.24) is 0 Å². The number of hydrogen-bond donors (Lipinski definition) is 1. The fraction of sp³-hybridized carbons (Fsp3) is 0.429. The van der Waals surface area contributed by atoms with Crippen LogP contribution in [0.2, 0.25) is 0 Å². The van der Waals surface area contributed by atoms with Crippen molar-refractivity contribution >= 4 is 17.6 Å². The van der Waals surface area contributed by atoms with Gasteiger partial charge in [0.05, 0.1) is 12.7 Å². The highest BCUT2D eigenvalue weighted by molar-refractivity contribution is 5.97. The number of rotatable bonds is 3. The number of anilines is 1. The molecule has 18 heavy (non-hydrogen) atoms. The second-order valence-corrected chi connectivity index (χ2v) is 5.31. The van der Waals surface area contributed by atoms with E-state index < -0.39 is 5.97 Å². The van der Waals surface area contributed by atoms with Gasteiger partial charge in [0.2, 0.25) is 5.91 Å². The van der Waals surface area contributed by atoms with Gasteiger partial charge in [0, 0.05) is 11.6 Å². The summed E-state index contributed by atoms with van der Waals surface area (Å²) >= 11 is 0. The maximum Gasteiger partial charge on any atom is 0.337 e. The summed E-state index contributed by atoms with van der Waals surface area (Å²) in [7, 11) is 1.33. The Hall–Kier alpha value is -1.84. The quantitative estimate of drug-likeness (QED) is 0.835. The number of carbonyl (C=O) groups is 2. The van der Waals surface area contributed by atoms with Crippen LogP contribution in [0, 0.1) is 11.3 Å². The Morgan fingerprint density at radius 1 is 1.39 bits per heavy atom. The Morgan fingerprint density at radius 2 is 2.06 bits per heavy atom. The fourth-order valence-electron chi connectivity index (χ4n) is 1.99. The molecule has 1 saturated carbocycles. The second-order valence-electron chi connectivity index (χ2n) is 5.31. The van der Waals surface area contributed by atoms with Crippen LogP contribution in [-0.2, 0) is 9.53 Å². The molecule has 1 aliphatic carbocycles. The molecule has 1 N–H and O–H groups in total. The smallest absolute Gasteiger partial charge is 0.337 e. The van der Waals surface area contributed by atoms with Crippen molar-refractivity contribution in [3.63, 3.8) is 0 Å². The van der Waals surface area contributed by atoms with Crippen molar-refractivity contribution in [2.45, 2.75) is 20.3 Å². The monoisotopic (exact) mass is 247 g/mol. The first kappa shape index (κ1) is 12.6. The minimum atomic E-state index is -0.405. The molecule has 1 aromatic carbocycles. The summed E-state index contributed by atoms with van der Waals surface area (Å²) in [6, 6.07) is 6.77. The average Bonchev–Trinajstić information content (AvgIpc) is 2.98. The molecule has 0 spiro atoms. The fourth-order valence-corrected chi connectivity index (χ4v) is 1.99. The van der Waals surface area contributed by atoms with E-state index in [2.05, 4.69) is 23.9 Å². The first-order chi connectivity index (χ1) is 8.44. The maximum atomic E-state index is 11.9. The van der Waals surface area contributed by atoms with E-state index in [0.29, 0.717) is 11.3 Å². The minimum Gasteiger partial charge on any atom is -0.465 e. The van der Waals surface area contributed by atoms with Gasteiger partial charge in [0.1, 0.15) is 0 Å². The Balaban J connectivity index is 2.06. The van der Waals surface area contributed by atoms with E-state index in [1.807, 2.05) is 0 Å². The number of esters is 1. The van der Waals surface area contributed by atoms with Gasteiger partial charge in [-0.3, -0.25) is 4.79 Å². The molecule has 4 nitrogen and oxygen atoms in total. The molecular formula is C14H17NO3. The van der Waals surface area contributed by atoms with Gasteiger partial charge < -0.3 is 10.1 Å². The van der Waals surface area contributed by atoms with E-state index in [9.17, 15) is 9.59 Å². The third kappa shape index (κ3) is 2.53. The predicted octanol–water partition coefficient (Wildman–Crippen LogP) is 2.46. The van der Waals surface area contributed by atoms with Gasteiger partial charge >= 0.3 is 5.97 Å². The lowest BCUT2D eigenvalue weighted by atomic mass is 10.1. The van der Waals surface area contributed by atoms with E-state index in [1.54, 1.807) is 24.3 Å². The van der Waals surface area contributed by atoms with Crippen LogP contribution in [0.15, 0.2) is 24.3 Å². The molecule has 2 rings (SSSR count). The number of ether oxygens (including phenoxy) is 1. The van der Waals surface area contributed by atoms with Gasteiger partial charge in [-0.2, -0.15) is 0 Å². The normalized spacial score (nSPS) is 20.1. The van der Waals surface area contributed by atoms with E-state index in [4.69, 9.17) is 0 Å². The number of carbonyl (C=O) groups excluding carboxylic acids is 2. The number of amides is 1. The van der Waals surface area contributed by atoms with Crippen LogP contribution < -0.4 is 5.32 Å². The molecule has 4 heteroatoms. The zero-order valence-corrected chi connectivity index (χ0v) is 10.8. The topological polar surface area (TPSA) is 55.4 Å². The van der Waals surface area contributed by atoms with Crippen LogP contribution >= 0.6 is 0 Å². The molecule has 1 unspecified atom stereocenters. The highest BCUT2D eigenvalue weighted by Gasteiger charge is 2.50. The summed E-state index contributed by atoms with van der Waals surface area (Å²) in [6.45, 7) is 4.14. The summed E-state index contributed by atoms with van der Waals surface area (Å²) in [5, 5.41) is 2.83. The highest BCUT2D eigenvalue weighted by atomic mass is 16.5. The molecule has 96 valence electrons. The molecule has 1 atom stereocenters. The number of methoxy groups -OCH3 is 1. The van der Waals surface area contributed by atoms with Crippen LogP contribution in [0.4, 0.5) is 5.69 Å². The number of hydrogen-bond acceptors (Lipinski definition) is 3. The first-order valence-corrected chi connectivity index (χ1v) is 5.93. The third-order valence-electron chi connectivity index (χ3n) is 3.38. The lowest BCUT2D eigenvalue weighted by molar-refractivity contribution is -0.118. The van der Waals surface area contributed by atoms with Crippen molar-refractivity contribution < 1.29 is 14.3 Å². The molecular weight excluding hydrogens is 230 g/mol. The van der Waals surface area contributed by atoms with Crippen LogP contribution in [-0.4, -0.2) is 19.0 Å². The molecule has 0 radical (unpaired) electrons. The Morgan fingerprint density at radius 3 is 2.61 bits per heavy atom. The van der Waals surface area contributed by atoms with E-state index in [1.165, 1.54) is 7.11 Å². The Kier molecular flexibility index (Phi) is 3.11. The zero-order valence-electron chi connectivity index (χ0n) is 10.8. The molecule has 1 fully saturated rings. The Labute approximate surface area is 106 Å². The summed E-state index contributed by atoms with van der Waals surface area (Å²) in [4.78, 5) is 23.3. The summed E-state index contributed by atoms with van der Waals surface area (Å²) in [5.74, 6) is -0.320. The maximum absolute atomic E-state index is 11.9. The zero-order chi connectivity index (χ0) is 13.3. The van der Waals surface area contributed by atoms with Crippen molar-refractivity contribution in [3.8, 4) is 0 Å². The number of benzene rings is 1. The lowest BCUT2D eigenvalue weighted by Gasteiger charge is -2.07. The average molecular weight is 247 g/mol. The van der Waals surface area contributed by atoms with Gasteiger partial charge in [-0.25, -0.2) is 4.79 Å². The molecule has 0 aromatic heterocycles. The standard InChI is InChI=1S/C14H17NO3/c1-14(2)8-11(14)12(16)15-10-6-4-5-9(7-10)13(17)18-3/h4-7,11H,8H2,1-3H3,(H,15,16). The minimum absolute atomic E-state index is 0.0158. The van der Waals surface area contributed by atoms with Crippen LogP contribution in [0.3, 0.4) is 0 Å². The molecule has 0 heterocycles. The van der Waals surface area contributed by atoms with Crippen LogP contribution in [0.5, 0.6) is 0 Å². The van der Waals surface area contributed by atoms with Gasteiger partial charge in [0.25, 0.3) is 0 Å². The van der Waals surface area contributed by atoms with Crippen LogP contribution in [0.1, 0.15) is 30.6 Å². The SMILES string of the molecule is COC(=O)c1cccc(NC(=O)C2CC2(C)C)c1. The largest absolute Gasteiger partial charge is 0.465 e. The van der Waals surface area contributed by atoms with Crippen molar-refractivity contribution in [2.24, 2.45) is 11.3 Å². The van der Waals surface area contributed by atoms with E-state index in [0.717, 1.165) is 6.42 Å². The lowest BCUT2D eigenvalue weighted by Crippen LogP contribution is -2.16. The summed E-state index contributed by atoms with van der Waals surface area (Å²) in [5.41, 5.74) is 1.17. The van der Waals surface area contributed by atoms with Crippen molar-refractivity contribution in [1.29, 1.82) is 0 Å². The Bertz CT molecular complexity index is 494. The second kappa shape index (κ2) is 4.44. The highest BCUT2D eigenvalue weighted by Crippen LogP contribution is 2.51. The molecule has 1 aromatic rings. The van der Waals surface area contributed by atoms with Crippen molar-refractivity contribution in [3.05, 3.63) is 29.8 Å². The molecule has 1 amide bonds. The van der Waals surface area contributed by atoms with Gasteiger partial charge in [-0.05, 0) is 30.0 Å². The number of nitrogens with one attached hydrogen (secondary N) is 1. The molecule has 0 bridgehead atoms. The molecule has 0 aliphatic heterocycles. The van der Waals surface area contributed by atoms with Crippen molar-refractivity contribution in [2.75, 3.05) is 12.4 Å². The third-order valence-corrected chi connectivity index (χ3v) is 3.38. The first-order valence-electron chi connectivity index (χ1n) is 5.93. The van der Waals surface area contributed by atoms with E-state index in [-0.39, 0.29) is 17.2 Å². The van der Waals surface area contributed by atoms with Gasteiger partial charge in [0.15, 0.2) is 0 Å². The summed E-state index contributed by atoms with van der Waals surface area (Å²) < 4.78 is 4.64. The molecule has 0 saturated heterocycles. The van der Waals surface area contributed by atoms with Gasteiger partial charge in [-0.15, -0.1) is 0 Å². The van der Waals surface area contributed by atoms with E-state index >= 15 is 0 Å². The molecule has 1 aliphatic rings. The summed E-state index contributed by atoms with van der Waals surface area (Å²) in [6.07, 6.45) is 0.912. The van der Waals surface area contributed by atoms with Crippen LogP contribution in [0.25, 0.3) is 0 Å².